The molecule has 0 spiro atoms. The molecule has 10 nitrogen and oxygen atoms in total. The van der Waals surface area contributed by atoms with Crippen molar-refractivity contribution in [3.8, 4) is 11.3 Å². The molecular weight excluding hydrogens is 466 g/mol. The fourth-order valence-corrected chi connectivity index (χ4v) is 5.06. The first-order chi connectivity index (χ1) is 15.6. The molecule has 0 saturated heterocycles. The fourth-order valence-electron chi connectivity index (χ4n) is 2.98. The van der Waals surface area contributed by atoms with Gasteiger partial charge in [0.2, 0.25) is 31.6 Å². The van der Waals surface area contributed by atoms with E-state index in [1.807, 2.05) is 38.1 Å². The number of anilines is 1. The minimum Gasteiger partial charge on any atom is -0.423 e. The van der Waals surface area contributed by atoms with Crippen LogP contribution in [0.4, 0.5) is 5.69 Å². The maximum Gasteiger partial charge on any atom is 0.241 e. The van der Waals surface area contributed by atoms with Crippen LogP contribution in [0.1, 0.15) is 22.9 Å². The van der Waals surface area contributed by atoms with Crippen LogP contribution in [0.5, 0.6) is 0 Å². The first-order valence-corrected chi connectivity index (χ1v) is 13.1. The molecule has 4 aromatic rings. The lowest BCUT2D eigenvalue weighted by Gasteiger charge is -2.06. The summed E-state index contributed by atoms with van der Waals surface area (Å²) in [6, 6.07) is 15.7. The highest BCUT2D eigenvalue weighted by Gasteiger charge is 2.24. The summed E-state index contributed by atoms with van der Waals surface area (Å²) < 4.78 is 57.9. The number of aromatic nitrogens is 4. The maximum absolute atomic E-state index is 12.7. The predicted octanol–water partition coefficient (Wildman–Crippen LogP) is 2.99. The van der Waals surface area contributed by atoms with E-state index < -0.39 is 31.4 Å². The zero-order chi connectivity index (χ0) is 23.6. The minimum atomic E-state index is -3.87. The van der Waals surface area contributed by atoms with Crippen LogP contribution in [0.3, 0.4) is 0 Å². The number of hydrogen-bond donors (Lipinski definition) is 2. The lowest BCUT2D eigenvalue weighted by molar-refractivity contribution is 0.472. The lowest BCUT2D eigenvalue weighted by atomic mass is 10.1. The number of H-pyrrole nitrogens is 1. The zero-order valence-corrected chi connectivity index (χ0v) is 19.4. The van der Waals surface area contributed by atoms with Gasteiger partial charge in [0.25, 0.3) is 0 Å². The van der Waals surface area contributed by atoms with Crippen LogP contribution in [0.2, 0.25) is 0 Å². The molecule has 0 bridgehead atoms. The van der Waals surface area contributed by atoms with Crippen molar-refractivity contribution >= 4 is 25.5 Å². The van der Waals surface area contributed by atoms with Gasteiger partial charge in [0.1, 0.15) is 11.5 Å². The Bertz CT molecular complexity index is 1470. The molecule has 2 aromatic carbocycles. The standard InChI is InChI=1S/C21H21N5O5S2/c1-14-3-7-16(8-4-14)18-11-21(25-22-18)32(27,28)12-19-23-24-20(31-19)13-33(29,30)26-17-9-5-15(2)6-10-17/h3-11,26H,12-13H2,1-2H3,(H,22,25). The summed E-state index contributed by atoms with van der Waals surface area (Å²) in [7, 11) is -7.70. The molecule has 0 saturated carbocycles. The average Bonchev–Trinajstić information content (AvgIpc) is 3.40. The monoisotopic (exact) mass is 487 g/mol. The third kappa shape index (κ3) is 5.65. The molecule has 172 valence electrons. The molecule has 0 aliphatic rings. The normalized spacial score (nSPS) is 12.1. The van der Waals surface area contributed by atoms with E-state index in [0.29, 0.717) is 11.4 Å². The van der Waals surface area contributed by atoms with E-state index in [0.717, 1.165) is 16.7 Å². The maximum atomic E-state index is 12.7. The van der Waals surface area contributed by atoms with Crippen LogP contribution < -0.4 is 4.72 Å². The molecular formula is C21H21N5O5S2. The number of nitrogens with zero attached hydrogens (tertiary/aromatic N) is 3. The van der Waals surface area contributed by atoms with Crippen molar-refractivity contribution in [2.45, 2.75) is 30.4 Å². The summed E-state index contributed by atoms with van der Waals surface area (Å²) in [5.41, 5.74) is 3.71. The summed E-state index contributed by atoms with van der Waals surface area (Å²) in [5, 5.41) is 13.8. The molecule has 2 aromatic heterocycles. The Morgan fingerprint density at radius 3 is 2.06 bits per heavy atom. The Balaban J connectivity index is 1.44. The number of sulfonamides is 1. The van der Waals surface area contributed by atoms with Crippen molar-refractivity contribution in [1.82, 2.24) is 20.4 Å². The first-order valence-electron chi connectivity index (χ1n) is 9.83. The molecule has 4 rings (SSSR count). The summed E-state index contributed by atoms with van der Waals surface area (Å²) in [6.45, 7) is 3.84. The molecule has 0 radical (unpaired) electrons. The van der Waals surface area contributed by atoms with Crippen LogP contribution >= 0.6 is 0 Å². The Morgan fingerprint density at radius 1 is 0.848 bits per heavy atom. The first kappa shape index (κ1) is 22.7. The predicted molar refractivity (Wildman–Crippen MR) is 121 cm³/mol. The van der Waals surface area contributed by atoms with E-state index in [2.05, 4.69) is 25.1 Å². The third-order valence-corrected chi connectivity index (χ3v) is 7.38. The van der Waals surface area contributed by atoms with E-state index in [9.17, 15) is 16.8 Å². The number of nitrogens with one attached hydrogen (secondary N) is 2. The highest BCUT2D eigenvalue weighted by Crippen LogP contribution is 2.22. The Labute approximate surface area is 191 Å². The van der Waals surface area contributed by atoms with Crippen LogP contribution in [-0.2, 0) is 31.4 Å². The Hall–Kier alpha value is -3.51. The largest absolute Gasteiger partial charge is 0.423 e. The fraction of sp³-hybridized carbons (Fsp3) is 0.190. The van der Waals surface area contributed by atoms with Gasteiger partial charge in [0.05, 0.1) is 5.69 Å². The number of aryl methyl sites for hydroxylation is 2. The van der Waals surface area contributed by atoms with Gasteiger partial charge in [-0.2, -0.15) is 5.10 Å². The number of rotatable bonds is 8. The molecule has 2 heterocycles. The zero-order valence-electron chi connectivity index (χ0n) is 17.8. The molecule has 0 atom stereocenters. The van der Waals surface area contributed by atoms with E-state index >= 15 is 0 Å². The molecule has 0 aliphatic heterocycles. The van der Waals surface area contributed by atoms with Crippen LogP contribution in [0.15, 0.2) is 64.0 Å². The summed E-state index contributed by atoms with van der Waals surface area (Å²) in [6.07, 6.45) is 0. The molecule has 2 N–H and O–H groups in total. The SMILES string of the molecule is Cc1ccc(NS(=O)(=O)Cc2nnc(CS(=O)(=O)c3cc(-c4ccc(C)cc4)n[nH]3)o2)cc1. The summed E-state index contributed by atoms with van der Waals surface area (Å²) >= 11 is 0. The van der Waals surface area contributed by atoms with Crippen molar-refractivity contribution in [3.05, 3.63) is 77.5 Å². The highest BCUT2D eigenvalue weighted by molar-refractivity contribution is 7.92. The van der Waals surface area contributed by atoms with Gasteiger partial charge < -0.3 is 4.42 Å². The van der Waals surface area contributed by atoms with E-state index in [-0.39, 0.29) is 16.8 Å². The van der Waals surface area contributed by atoms with Crippen LogP contribution in [0.25, 0.3) is 11.3 Å². The van der Waals surface area contributed by atoms with Crippen molar-refractivity contribution in [3.63, 3.8) is 0 Å². The minimum absolute atomic E-state index is 0.105. The highest BCUT2D eigenvalue weighted by atomic mass is 32.2. The van der Waals surface area contributed by atoms with Gasteiger partial charge in [-0.05, 0) is 26.0 Å². The third-order valence-electron chi connectivity index (χ3n) is 4.70. The smallest absolute Gasteiger partial charge is 0.241 e. The van der Waals surface area contributed by atoms with Crippen LogP contribution in [-0.4, -0.2) is 37.2 Å². The van der Waals surface area contributed by atoms with Gasteiger partial charge in [-0.25, -0.2) is 16.8 Å². The molecule has 12 heteroatoms. The van der Waals surface area contributed by atoms with Gasteiger partial charge >= 0.3 is 0 Å². The molecule has 0 fully saturated rings. The van der Waals surface area contributed by atoms with E-state index in [1.54, 1.807) is 24.3 Å². The van der Waals surface area contributed by atoms with Gasteiger partial charge in [0.15, 0.2) is 5.03 Å². The van der Waals surface area contributed by atoms with Gasteiger partial charge in [0, 0.05) is 17.3 Å². The molecule has 33 heavy (non-hydrogen) atoms. The number of sulfone groups is 1. The van der Waals surface area contributed by atoms with E-state index in [1.165, 1.54) is 6.07 Å². The van der Waals surface area contributed by atoms with Crippen molar-refractivity contribution in [2.75, 3.05) is 4.72 Å². The van der Waals surface area contributed by atoms with Crippen LogP contribution in [0, 0.1) is 13.8 Å². The topological polar surface area (TPSA) is 148 Å². The van der Waals surface area contributed by atoms with Gasteiger partial charge in [-0.1, -0.05) is 47.5 Å². The molecule has 0 unspecified atom stereocenters. The van der Waals surface area contributed by atoms with Gasteiger partial charge in [-0.15, -0.1) is 10.2 Å². The second-order valence-corrected chi connectivity index (χ2v) is 11.2. The quantitative estimate of drug-likeness (QED) is 0.385. The summed E-state index contributed by atoms with van der Waals surface area (Å²) in [5.74, 6) is -1.62. The Kier molecular flexibility index (Phi) is 6.04. The molecule has 0 amide bonds. The van der Waals surface area contributed by atoms with E-state index in [4.69, 9.17) is 4.42 Å². The molecule has 0 aliphatic carbocycles. The average molecular weight is 488 g/mol. The lowest BCUT2D eigenvalue weighted by Crippen LogP contribution is -2.15. The number of aromatic amines is 1. The van der Waals surface area contributed by atoms with Gasteiger partial charge in [-0.3, -0.25) is 9.82 Å². The second kappa shape index (κ2) is 8.79. The van der Waals surface area contributed by atoms with Crippen molar-refractivity contribution in [2.24, 2.45) is 0 Å². The number of hydrogen-bond acceptors (Lipinski definition) is 8. The Morgan fingerprint density at radius 2 is 1.42 bits per heavy atom. The van der Waals surface area contributed by atoms with Crippen molar-refractivity contribution in [1.29, 1.82) is 0 Å². The van der Waals surface area contributed by atoms with Crippen molar-refractivity contribution < 1.29 is 21.3 Å². The second-order valence-electron chi connectivity index (χ2n) is 7.56. The summed E-state index contributed by atoms with van der Waals surface area (Å²) in [4.78, 5) is 0. The number of benzene rings is 2.